The lowest BCUT2D eigenvalue weighted by atomic mass is 10.0. The van der Waals surface area contributed by atoms with E-state index < -0.39 is 47.7 Å². The molecule has 8 heteroatoms. The molecule has 0 radical (unpaired) electrons. The van der Waals surface area contributed by atoms with Crippen molar-refractivity contribution in [1.29, 1.82) is 0 Å². The Hall–Kier alpha value is -2.19. The Labute approximate surface area is 165 Å². The van der Waals surface area contributed by atoms with Crippen LogP contribution in [0, 0.1) is 35.0 Å². The zero-order chi connectivity index (χ0) is 21.0. The lowest BCUT2D eigenvalue weighted by Gasteiger charge is -2.29. The molecule has 2 aromatic rings. The van der Waals surface area contributed by atoms with Gasteiger partial charge in [-0.2, -0.15) is 0 Å². The van der Waals surface area contributed by atoms with E-state index in [1.165, 1.54) is 0 Å². The molecule has 1 saturated heterocycles. The van der Waals surface area contributed by atoms with E-state index in [2.05, 4.69) is 6.92 Å². The van der Waals surface area contributed by atoms with E-state index in [1.54, 1.807) is 0 Å². The molecule has 0 atom stereocenters. The fourth-order valence-corrected chi connectivity index (χ4v) is 3.10. The molecular formula is C21H21F5O3. The van der Waals surface area contributed by atoms with Crippen LogP contribution in [0.25, 0.3) is 0 Å². The molecule has 3 rings (SSSR count). The average molecular weight is 416 g/mol. The Morgan fingerprint density at radius 2 is 1.48 bits per heavy atom. The predicted octanol–water partition coefficient (Wildman–Crippen LogP) is 5.81. The second-order valence-electron chi connectivity index (χ2n) is 6.98. The number of unbranched alkanes of at least 4 members (excludes halogenated alkanes) is 1. The van der Waals surface area contributed by atoms with Gasteiger partial charge in [-0.25, -0.2) is 22.0 Å². The van der Waals surface area contributed by atoms with Crippen LogP contribution in [0.1, 0.15) is 43.6 Å². The minimum atomic E-state index is -1.63. The molecule has 1 heterocycles. The van der Waals surface area contributed by atoms with Crippen molar-refractivity contribution in [3.8, 4) is 5.75 Å². The van der Waals surface area contributed by atoms with Crippen molar-refractivity contribution in [1.82, 2.24) is 0 Å². The molecule has 158 valence electrons. The molecule has 0 amide bonds. The van der Waals surface area contributed by atoms with Gasteiger partial charge in [0.15, 0.2) is 41.1 Å². The maximum atomic E-state index is 14.4. The van der Waals surface area contributed by atoms with Crippen LogP contribution in [-0.2, 0) is 16.1 Å². The van der Waals surface area contributed by atoms with Crippen molar-refractivity contribution in [3.05, 3.63) is 64.5 Å². The molecule has 0 aromatic heterocycles. The Bertz CT molecular complexity index is 804. The largest absolute Gasteiger partial charge is 0.483 e. The minimum absolute atomic E-state index is 0.110. The quantitative estimate of drug-likeness (QED) is 0.421. The highest BCUT2D eigenvalue weighted by Crippen LogP contribution is 2.32. The van der Waals surface area contributed by atoms with Gasteiger partial charge >= 0.3 is 0 Å². The summed E-state index contributed by atoms with van der Waals surface area (Å²) in [6.45, 7) is 2.42. The molecule has 0 N–H and O–H groups in total. The third kappa shape index (κ3) is 5.25. The van der Waals surface area contributed by atoms with Crippen LogP contribution in [0.5, 0.6) is 5.75 Å². The molecule has 0 unspecified atom stereocenters. The van der Waals surface area contributed by atoms with Crippen LogP contribution in [0.2, 0.25) is 0 Å². The van der Waals surface area contributed by atoms with Gasteiger partial charge in [-0.05, 0) is 36.2 Å². The summed E-state index contributed by atoms with van der Waals surface area (Å²) in [4.78, 5) is 0. The van der Waals surface area contributed by atoms with Crippen molar-refractivity contribution in [2.45, 2.75) is 39.1 Å². The van der Waals surface area contributed by atoms with Gasteiger partial charge in [-0.1, -0.05) is 19.8 Å². The lowest BCUT2D eigenvalue weighted by molar-refractivity contribution is -0.206. The van der Waals surface area contributed by atoms with Gasteiger partial charge in [0.05, 0.1) is 13.2 Å². The van der Waals surface area contributed by atoms with Crippen LogP contribution in [0.4, 0.5) is 22.0 Å². The molecule has 29 heavy (non-hydrogen) atoms. The zero-order valence-electron chi connectivity index (χ0n) is 15.8. The van der Waals surface area contributed by atoms with E-state index in [-0.39, 0.29) is 17.0 Å². The number of benzene rings is 2. The van der Waals surface area contributed by atoms with Gasteiger partial charge in [-0.15, -0.1) is 0 Å². The van der Waals surface area contributed by atoms with Gasteiger partial charge in [0, 0.05) is 11.5 Å². The monoisotopic (exact) mass is 416 g/mol. The fraction of sp³-hybridized carbons (Fsp3) is 0.429. The second kappa shape index (κ2) is 9.54. The molecule has 2 aromatic carbocycles. The van der Waals surface area contributed by atoms with Crippen LogP contribution < -0.4 is 4.74 Å². The summed E-state index contributed by atoms with van der Waals surface area (Å²) in [6, 6.07) is 3.45. The number of halogens is 5. The van der Waals surface area contributed by atoms with Crippen LogP contribution >= 0.6 is 0 Å². The van der Waals surface area contributed by atoms with E-state index >= 15 is 0 Å². The summed E-state index contributed by atoms with van der Waals surface area (Å²) < 4.78 is 84.3. The molecular weight excluding hydrogens is 395 g/mol. The number of hydrogen-bond acceptors (Lipinski definition) is 3. The van der Waals surface area contributed by atoms with Gasteiger partial charge in [0.1, 0.15) is 6.61 Å². The van der Waals surface area contributed by atoms with Gasteiger partial charge in [0.2, 0.25) is 0 Å². The number of hydrogen-bond donors (Lipinski definition) is 0. The maximum Gasteiger partial charge on any atom is 0.194 e. The first kappa shape index (κ1) is 21.5. The Morgan fingerprint density at radius 1 is 0.897 bits per heavy atom. The van der Waals surface area contributed by atoms with Crippen LogP contribution in [-0.4, -0.2) is 13.2 Å². The Morgan fingerprint density at radius 3 is 2.03 bits per heavy atom. The third-order valence-corrected chi connectivity index (χ3v) is 4.65. The highest BCUT2D eigenvalue weighted by molar-refractivity contribution is 5.32. The van der Waals surface area contributed by atoms with Crippen LogP contribution in [0.3, 0.4) is 0 Å². The standard InChI is InChI=1S/C21H21F5O3/c1-2-3-4-12-9-28-21(29-10-12)14-7-17(24)20(18(25)8-14)27-11-13-5-15(22)19(26)16(23)6-13/h5-8,12,21H,2-4,9-11H2,1H3. The molecule has 0 bridgehead atoms. The Kier molecular flexibility index (Phi) is 7.08. The maximum absolute atomic E-state index is 14.4. The van der Waals surface area contributed by atoms with E-state index in [4.69, 9.17) is 14.2 Å². The number of rotatable bonds is 7. The van der Waals surface area contributed by atoms with E-state index in [0.29, 0.717) is 25.3 Å². The first-order chi connectivity index (χ1) is 13.9. The van der Waals surface area contributed by atoms with Crippen molar-refractivity contribution in [2.75, 3.05) is 13.2 Å². The highest BCUT2D eigenvalue weighted by Gasteiger charge is 2.25. The number of ether oxygens (including phenoxy) is 3. The summed E-state index contributed by atoms with van der Waals surface area (Å²) in [7, 11) is 0. The zero-order valence-corrected chi connectivity index (χ0v) is 15.8. The molecule has 3 nitrogen and oxygen atoms in total. The molecule has 0 aliphatic carbocycles. The molecule has 0 saturated carbocycles. The molecule has 1 aliphatic heterocycles. The summed E-state index contributed by atoms with van der Waals surface area (Å²) >= 11 is 0. The first-order valence-corrected chi connectivity index (χ1v) is 9.37. The summed E-state index contributed by atoms with van der Waals surface area (Å²) in [5, 5.41) is 0. The van der Waals surface area contributed by atoms with Crippen molar-refractivity contribution >= 4 is 0 Å². The van der Waals surface area contributed by atoms with Gasteiger partial charge < -0.3 is 14.2 Å². The minimum Gasteiger partial charge on any atom is -0.483 e. The summed E-state index contributed by atoms with van der Waals surface area (Å²) in [5.74, 6) is -6.94. The highest BCUT2D eigenvalue weighted by atomic mass is 19.2. The average Bonchev–Trinajstić information content (AvgIpc) is 2.70. The smallest absolute Gasteiger partial charge is 0.194 e. The topological polar surface area (TPSA) is 27.7 Å². The molecule has 0 spiro atoms. The van der Waals surface area contributed by atoms with Gasteiger partial charge in [0.25, 0.3) is 0 Å². The normalized spacial score (nSPS) is 19.4. The third-order valence-electron chi connectivity index (χ3n) is 4.65. The van der Waals surface area contributed by atoms with Crippen molar-refractivity contribution < 1.29 is 36.2 Å². The lowest BCUT2D eigenvalue weighted by Crippen LogP contribution is -2.27. The van der Waals surface area contributed by atoms with Crippen LogP contribution in [0.15, 0.2) is 24.3 Å². The first-order valence-electron chi connectivity index (χ1n) is 9.37. The van der Waals surface area contributed by atoms with Gasteiger partial charge in [-0.3, -0.25) is 0 Å². The Balaban J connectivity index is 1.65. The second-order valence-corrected chi connectivity index (χ2v) is 6.98. The summed E-state index contributed by atoms with van der Waals surface area (Å²) in [6.07, 6.45) is 2.20. The van der Waals surface area contributed by atoms with E-state index in [9.17, 15) is 22.0 Å². The summed E-state index contributed by atoms with van der Waals surface area (Å²) in [5.41, 5.74) is 0.0570. The van der Waals surface area contributed by atoms with Crippen molar-refractivity contribution in [2.24, 2.45) is 5.92 Å². The predicted molar refractivity (Wildman–Crippen MR) is 94.7 cm³/mol. The molecule has 1 fully saturated rings. The molecule has 1 aliphatic rings. The SMILES string of the molecule is CCCCC1COC(c2cc(F)c(OCc3cc(F)c(F)c(F)c3)c(F)c2)OC1. The van der Waals surface area contributed by atoms with Crippen molar-refractivity contribution in [3.63, 3.8) is 0 Å². The van der Waals surface area contributed by atoms with E-state index in [0.717, 1.165) is 31.4 Å². The fourth-order valence-electron chi connectivity index (χ4n) is 3.10. The van der Waals surface area contributed by atoms with E-state index in [1.807, 2.05) is 0 Å².